The topological polar surface area (TPSA) is 62.5 Å². The minimum atomic E-state index is -4.92. The van der Waals surface area contributed by atoms with Crippen LogP contribution in [0.25, 0.3) is 5.65 Å². The molecular weight excluding hydrogens is 421 g/mol. The molecule has 1 aromatic carbocycles. The quantitative estimate of drug-likeness (QED) is 0.576. The normalized spacial score (nSPS) is 14.2. The van der Waals surface area contributed by atoms with Gasteiger partial charge in [-0.05, 0) is 31.5 Å². The van der Waals surface area contributed by atoms with Crippen molar-refractivity contribution < 1.29 is 35.8 Å². The lowest BCUT2D eigenvalue weighted by molar-refractivity contribution is -0.141. The van der Waals surface area contributed by atoms with Gasteiger partial charge in [0.15, 0.2) is 5.69 Å². The smallest absolute Gasteiger partial charge is 0.388 e. The molecule has 30 heavy (non-hydrogen) atoms. The lowest BCUT2D eigenvalue weighted by Gasteiger charge is -2.31. The standard InChI is InChI=1S/C18H15F7N4O/c1-16(2,30)14(9-3-4-10(11(19)7-9)17(20,21)22)28-15-27-12(18(23,24)25)8-13-26-5-6-29(13)15/h3-8,14,30H,1-2H3,(H,27,28). The molecule has 5 nitrogen and oxygen atoms in total. The fraction of sp³-hybridized carbons (Fsp3) is 0.333. The first kappa shape index (κ1) is 21.8. The van der Waals surface area contributed by atoms with Crippen LogP contribution in [-0.2, 0) is 12.4 Å². The molecule has 0 aliphatic rings. The van der Waals surface area contributed by atoms with Crippen molar-refractivity contribution in [3.63, 3.8) is 0 Å². The summed E-state index contributed by atoms with van der Waals surface area (Å²) in [5.74, 6) is -1.97. The Hall–Kier alpha value is -2.89. The van der Waals surface area contributed by atoms with E-state index in [4.69, 9.17) is 0 Å². The summed E-state index contributed by atoms with van der Waals surface area (Å²) in [5, 5.41) is 13.1. The fourth-order valence-electron chi connectivity index (χ4n) is 2.91. The monoisotopic (exact) mass is 436 g/mol. The fourth-order valence-corrected chi connectivity index (χ4v) is 2.91. The number of aliphatic hydroxyl groups is 1. The van der Waals surface area contributed by atoms with Gasteiger partial charge >= 0.3 is 12.4 Å². The van der Waals surface area contributed by atoms with E-state index in [1.54, 1.807) is 0 Å². The Morgan fingerprint density at radius 1 is 1.03 bits per heavy atom. The summed E-state index contributed by atoms with van der Waals surface area (Å²) in [6.07, 6.45) is -7.19. The molecule has 1 unspecified atom stereocenters. The molecule has 3 rings (SSSR count). The van der Waals surface area contributed by atoms with Gasteiger partial charge in [-0.2, -0.15) is 26.3 Å². The molecule has 0 saturated heterocycles. The zero-order valence-corrected chi connectivity index (χ0v) is 15.5. The number of hydrogen-bond donors (Lipinski definition) is 2. The SMILES string of the molecule is CC(C)(O)C(Nc1nc(C(F)(F)F)cc2nccn12)c1ccc(C(F)(F)F)c(F)c1. The Bertz CT molecular complexity index is 1070. The Morgan fingerprint density at radius 2 is 1.70 bits per heavy atom. The molecule has 0 aliphatic carbocycles. The molecule has 0 bridgehead atoms. The van der Waals surface area contributed by atoms with Crippen molar-refractivity contribution in [2.24, 2.45) is 0 Å². The van der Waals surface area contributed by atoms with Crippen LogP contribution in [0.5, 0.6) is 0 Å². The van der Waals surface area contributed by atoms with Gasteiger partial charge in [0.05, 0.1) is 17.2 Å². The van der Waals surface area contributed by atoms with E-state index < -0.39 is 41.1 Å². The van der Waals surface area contributed by atoms with Crippen LogP contribution in [0.2, 0.25) is 0 Å². The molecule has 0 fully saturated rings. The number of hydrogen-bond acceptors (Lipinski definition) is 4. The molecule has 0 spiro atoms. The lowest BCUT2D eigenvalue weighted by Crippen LogP contribution is -2.35. The van der Waals surface area contributed by atoms with Crippen LogP contribution in [0.3, 0.4) is 0 Å². The number of fused-ring (bicyclic) bond motifs is 1. The van der Waals surface area contributed by atoms with E-state index in [0.717, 1.165) is 10.5 Å². The predicted octanol–water partition coefficient (Wildman–Crippen LogP) is 4.83. The third-order valence-electron chi connectivity index (χ3n) is 4.29. The van der Waals surface area contributed by atoms with E-state index in [0.29, 0.717) is 18.2 Å². The summed E-state index contributed by atoms with van der Waals surface area (Å²) < 4.78 is 93.2. The second-order valence-corrected chi connectivity index (χ2v) is 7.09. The van der Waals surface area contributed by atoms with Crippen LogP contribution in [-0.4, -0.2) is 25.1 Å². The highest BCUT2D eigenvalue weighted by atomic mass is 19.4. The Balaban J connectivity index is 2.10. The van der Waals surface area contributed by atoms with Gasteiger partial charge in [-0.15, -0.1) is 0 Å². The summed E-state index contributed by atoms with van der Waals surface area (Å²) in [7, 11) is 0. The molecule has 2 heterocycles. The van der Waals surface area contributed by atoms with Gasteiger partial charge in [-0.25, -0.2) is 14.4 Å². The van der Waals surface area contributed by atoms with Gasteiger partial charge in [0.2, 0.25) is 5.95 Å². The summed E-state index contributed by atoms with van der Waals surface area (Å²) in [6, 6.07) is 1.40. The van der Waals surface area contributed by atoms with Gasteiger partial charge in [0.1, 0.15) is 11.5 Å². The molecule has 0 saturated carbocycles. The average molecular weight is 436 g/mol. The zero-order chi connectivity index (χ0) is 22.5. The highest BCUT2D eigenvalue weighted by molar-refractivity contribution is 5.49. The molecule has 3 aromatic rings. The maximum Gasteiger partial charge on any atom is 0.433 e. The highest BCUT2D eigenvalue weighted by Crippen LogP contribution is 2.36. The van der Waals surface area contributed by atoms with Crippen molar-refractivity contribution in [3.8, 4) is 0 Å². The van der Waals surface area contributed by atoms with E-state index >= 15 is 0 Å². The summed E-state index contributed by atoms with van der Waals surface area (Å²) in [5.41, 5.74) is -4.73. The van der Waals surface area contributed by atoms with Gasteiger partial charge < -0.3 is 10.4 Å². The van der Waals surface area contributed by atoms with Gasteiger partial charge in [-0.3, -0.25) is 4.40 Å². The van der Waals surface area contributed by atoms with Gasteiger partial charge in [0.25, 0.3) is 0 Å². The van der Waals surface area contributed by atoms with Crippen LogP contribution in [0.4, 0.5) is 36.7 Å². The average Bonchev–Trinajstić information content (AvgIpc) is 3.05. The molecule has 1 atom stereocenters. The first-order valence-corrected chi connectivity index (χ1v) is 8.45. The van der Waals surface area contributed by atoms with Crippen molar-refractivity contribution >= 4 is 11.6 Å². The summed E-state index contributed by atoms with van der Waals surface area (Å²) in [4.78, 5) is 7.29. The lowest BCUT2D eigenvalue weighted by atomic mass is 9.91. The van der Waals surface area contributed by atoms with E-state index in [2.05, 4.69) is 15.3 Å². The van der Waals surface area contributed by atoms with Gasteiger partial charge in [-0.1, -0.05) is 6.07 Å². The molecule has 12 heteroatoms. The maximum atomic E-state index is 14.0. The number of halogens is 7. The first-order valence-electron chi connectivity index (χ1n) is 8.45. The molecular formula is C18H15F7N4O. The maximum absolute atomic E-state index is 14.0. The van der Waals surface area contributed by atoms with Crippen molar-refractivity contribution in [1.82, 2.24) is 14.4 Å². The second-order valence-electron chi connectivity index (χ2n) is 7.09. The van der Waals surface area contributed by atoms with Crippen LogP contribution in [0.1, 0.15) is 36.7 Å². The van der Waals surface area contributed by atoms with Gasteiger partial charge in [0, 0.05) is 18.5 Å². The van der Waals surface area contributed by atoms with Crippen LogP contribution in [0, 0.1) is 5.82 Å². The second kappa shape index (κ2) is 7.11. The van der Waals surface area contributed by atoms with Crippen LogP contribution in [0.15, 0.2) is 36.7 Å². The van der Waals surface area contributed by atoms with Crippen LogP contribution >= 0.6 is 0 Å². The Kier molecular flexibility index (Phi) is 5.17. The van der Waals surface area contributed by atoms with E-state index in [-0.39, 0.29) is 17.2 Å². The minimum Gasteiger partial charge on any atom is -0.388 e. The van der Waals surface area contributed by atoms with E-state index in [1.165, 1.54) is 26.2 Å². The molecule has 0 amide bonds. The minimum absolute atomic E-state index is 0.104. The molecule has 0 aliphatic heterocycles. The number of nitrogens with one attached hydrogen (secondary N) is 1. The zero-order valence-electron chi connectivity index (χ0n) is 15.5. The third-order valence-corrected chi connectivity index (χ3v) is 4.29. The first-order chi connectivity index (χ1) is 13.7. The van der Waals surface area contributed by atoms with Crippen molar-refractivity contribution in [3.05, 3.63) is 59.3 Å². The molecule has 2 N–H and O–H groups in total. The number of rotatable bonds is 4. The predicted molar refractivity (Wildman–Crippen MR) is 92.1 cm³/mol. The number of imidazole rings is 1. The summed E-state index contributed by atoms with van der Waals surface area (Å²) in [6.45, 7) is 2.53. The number of anilines is 1. The van der Waals surface area contributed by atoms with Crippen molar-refractivity contribution in [2.45, 2.75) is 37.8 Å². The van der Waals surface area contributed by atoms with E-state index in [9.17, 15) is 35.8 Å². The number of nitrogens with zero attached hydrogens (tertiary/aromatic N) is 3. The largest absolute Gasteiger partial charge is 0.433 e. The van der Waals surface area contributed by atoms with Crippen molar-refractivity contribution in [1.29, 1.82) is 0 Å². The number of alkyl halides is 6. The Labute approximate surface area is 165 Å². The van der Waals surface area contributed by atoms with E-state index in [1.807, 2.05) is 0 Å². The Morgan fingerprint density at radius 3 is 2.23 bits per heavy atom. The van der Waals surface area contributed by atoms with Crippen molar-refractivity contribution in [2.75, 3.05) is 5.32 Å². The molecule has 2 aromatic heterocycles. The number of aromatic nitrogens is 3. The number of benzene rings is 1. The molecule has 0 radical (unpaired) electrons. The summed E-state index contributed by atoms with van der Waals surface area (Å²) >= 11 is 0. The van der Waals surface area contributed by atoms with Crippen LogP contribution < -0.4 is 5.32 Å². The molecule has 162 valence electrons. The highest BCUT2D eigenvalue weighted by Gasteiger charge is 2.37. The third kappa shape index (κ3) is 4.32.